The summed E-state index contributed by atoms with van der Waals surface area (Å²) in [7, 11) is 2.21. The summed E-state index contributed by atoms with van der Waals surface area (Å²) < 4.78 is 5.26. The average molecular weight is 311 g/mol. The highest BCUT2D eigenvalue weighted by Crippen LogP contribution is 2.28. The van der Waals surface area contributed by atoms with E-state index in [9.17, 15) is 4.79 Å². The smallest absolute Gasteiger partial charge is 0.320 e. The van der Waals surface area contributed by atoms with E-state index in [4.69, 9.17) is 4.74 Å². The Morgan fingerprint density at radius 2 is 1.73 bits per heavy atom. The number of hydrogen-bond donors (Lipinski definition) is 0. The molecule has 0 amide bonds. The first-order chi connectivity index (χ1) is 10.5. The molecule has 2 fully saturated rings. The predicted octanol–water partition coefficient (Wildman–Crippen LogP) is 1.43. The number of unbranched alkanes of at least 4 members (excludes halogenated alkanes) is 1. The van der Waals surface area contributed by atoms with Crippen molar-refractivity contribution < 1.29 is 9.53 Å². The van der Waals surface area contributed by atoms with Gasteiger partial charge in [0.2, 0.25) is 0 Å². The van der Waals surface area contributed by atoms with Crippen LogP contribution < -0.4 is 0 Å². The van der Waals surface area contributed by atoms with Gasteiger partial charge in [-0.2, -0.15) is 0 Å². The highest BCUT2D eigenvalue weighted by Gasteiger charge is 2.36. The minimum Gasteiger partial charge on any atom is -0.465 e. The summed E-state index contributed by atoms with van der Waals surface area (Å²) in [6.07, 6.45) is 4.54. The van der Waals surface area contributed by atoms with Crippen LogP contribution in [-0.2, 0) is 9.53 Å². The van der Waals surface area contributed by atoms with Gasteiger partial charge in [0.15, 0.2) is 0 Å². The van der Waals surface area contributed by atoms with Gasteiger partial charge in [-0.05, 0) is 46.3 Å². The minimum absolute atomic E-state index is 0.0626. The predicted molar refractivity (Wildman–Crippen MR) is 89.0 cm³/mol. The molecule has 2 aliphatic rings. The van der Waals surface area contributed by atoms with E-state index in [1.165, 1.54) is 25.9 Å². The largest absolute Gasteiger partial charge is 0.465 e. The van der Waals surface area contributed by atoms with Gasteiger partial charge < -0.3 is 9.64 Å². The molecule has 2 rings (SSSR count). The molecule has 0 bridgehead atoms. The number of esters is 1. The second kappa shape index (κ2) is 8.27. The number of ether oxygens (including phenoxy) is 1. The number of piperidine rings is 1. The van der Waals surface area contributed by atoms with Gasteiger partial charge in [-0.25, -0.2) is 0 Å². The van der Waals surface area contributed by atoms with Crippen LogP contribution in [0.15, 0.2) is 0 Å². The molecule has 128 valence electrons. The van der Waals surface area contributed by atoms with E-state index in [1.807, 2.05) is 0 Å². The Bertz CT molecular complexity index is 346. The molecule has 0 radical (unpaired) electrons. The van der Waals surface area contributed by atoms with Gasteiger partial charge in [-0.3, -0.25) is 14.6 Å². The van der Waals surface area contributed by atoms with Crippen LogP contribution in [0.25, 0.3) is 0 Å². The van der Waals surface area contributed by atoms with Crippen molar-refractivity contribution in [2.45, 2.75) is 45.1 Å². The fourth-order valence-corrected chi connectivity index (χ4v) is 3.42. The van der Waals surface area contributed by atoms with E-state index < -0.39 is 0 Å². The topological polar surface area (TPSA) is 36.0 Å². The number of nitrogens with zero attached hydrogens (tertiary/aromatic N) is 3. The van der Waals surface area contributed by atoms with Crippen LogP contribution in [0.4, 0.5) is 0 Å². The van der Waals surface area contributed by atoms with E-state index >= 15 is 0 Å². The zero-order chi connectivity index (χ0) is 16.0. The summed E-state index contributed by atoms with van der Waals surface area (Å²) >= 11 is 0. The zero-order valence-electron chi connectivity index (χ0n) is 14.6. The molecule has 5 heteroatoms. The van der Waals surface area contributed by atoms with E-state index in [-0.39, 0.29) is 5.97 Å². The summed E-state index contributed by atoms with van der Waals surface area (Å²) in [5, 5.41) is 0. The van der Waals surface area contributed by atoms with Crippen molar-refractivity contribution in [3.63, 3.8) is 0 Å². The maximum absolute atomic E-state index is 11.8. The molecule has 0 unspecified atom stereocenters. The number of likely N-dealkylation sites (tertiary alicyclic amines) is 1. The maximum atomic E-state index is 11.8. The van der Waals surface area contributed by atoms with Gasteiger partial charge in [-0.1, -0.05) is 13.3 Å². The highest BCUT2D eigenvalue weighted by molar-refractivity contribution is 5.71. The monoisotopic (exact) mass is 311 g/mol. The van der Waals surface area contributed by atoms with Crippen LogP contribution in [0, 0.1) is 0 Å². The van der Waals surface area contributed by atoms with Crippen molar-refractivity contribution in [1.29, 1.82) is 0 Å². The Balaban J connectivity index is 1.70. The summed E-state index contributed by atoms with van der Waals surface area (Å²) in [5.74, 6) is -0.0626. The second-order valence-electron chi connectivity index (χ2n) is 7.14. The Morgan fingerprint density at radius 3 is 2.32 bits per heavy atom. The maximum Gasteiger partial charge on any atom is 0.320 e. The Kier molecular flexibility index (Phi) is 6.66. The molecule has 0 N–H and O–H groups in total. The van der Waals surface area contributed by atoms with Crippen LogP contribution in [-0.4, -0.2) is 85.7 Å². The fourth-order valence-electron chi connectivity index (χ4n) is 3.42. The van der Waals surface area contributed by atoms with Gasteiger partial charge in [-0.15, -0.1) is 0 Å². The number of rotatable bonds is 6. The third-order valence-electron chi connectivity index (χ3n) is 5.31. The molecule has 2 aliphatic heterocycles. The van der Waals surface area contributed by atoms with Crippen molar-refractivity contribution in [3.05, 3.63) is 0 Å². The van der Waals surface area contributed by atoms with Crippen molar-refractivity contribution in [2.75, 3.05) is 59.5 Å². The van der Waals surface area contributed by atoms with Crippen molar-refractivity contribution >= 4 is 5.97 Å². The van der Waals surface area contributed by atoms with Crippen LogP contribution in [0.5, 0.6) is 0 Å². The van der Waals surface area contributed by atoms with E-state index in [0.717, 1.165) is 39.0 Å². The lowest BCUT2D eigenvalue weighted by atomic mass is 9.87. The average Bonchev–Trinajstić information content (AvgIpc) is 2.51. The summed E-state index contributed by atoms with van der Waals surface area (Å²) in [6.45, 7) is 12.0. The Hall–Kier alpha value is -0.650. The van der Waals surface area contributed by atoms with Crippen molar-refractivity contribution in [2.24, 2.45) is 0 Å². The lowest BCUT2D eigenvalue weighted by molar-refractivity contribution is -0.145. The van der Waals surface area contributed by atoms with Gasteiger partial charge in [0, 0.05) is 31.7 Å². The van der Waals surface area contributed by atoms with Gasteiger partial charge >= 0.3 is 5.97 Å². The third kappa shape index (κ3) is 4.93. The van der Waals surface area contributed by atoms with E-state index in [0.29, 0.717) is 18.7 Å². The van der Waals surface area contributed by atoms with E-state index in [2.05, 4.69) is 35.6 Å². The SMILES string of the molecule is CCCCOC(=O)CN1CCN(C2(C)CCN(C)CC2)CC1. The molecule has 0 aliphatic carbocycles. The molecular formula is C17H33N3O2. The van der Waals surface area contributed by atoms with Gasteiger partial charge in [0.05, 0.1) is 13.2 Å². The summed E-state index contributed by atoms with van der Waals surface area (Å²) in [5.41, 5.74) is 0.347. The van der Waals surface area contributed by atoms with Crippen LogP contribution in [0.3, 0.4) is 0 Å². The Morgan fingerprint density at radius 1 is 1.09 bits per heavy atom. The van der Waals surface area contributed by atoms with Crippen molar-refractivity contribution in [3.8, 4) is 0 Å². The molecule has 0 aromatic carbocycles. The minimum atomic E-state index is -0.0626. The molecule has 2 saturated heterocycles. The number of carbonyl (C=O) groups excluding carboxylic acids is 1. The molecule has 5 nitrogen and oxygen atoms in total. The summed E-state index contributed by atoms with van der Waals surface area (Å²) in [4.78, 5) is 19.1. The Labute approximate surface area is 135 Å². The molecule has 2 heterocycles. The zero-order valence-corrected chi connectivity index (χ0v) is 14.6. The number of piperazine rings is 1. The molecule has 0 spiro atoms. The number of carbonyl (C=O) groups is 1. The standard InChI is InChI=1S/C17H33N3O2/c1-4-5-14-22-16(21)15-19-10-12-20(13-11-19)17(2)6-8-18(3)9-7-17/h4-15H2,1-3H3. The lowest BCUT2D eigenvalue weighted by Gasteiger charge is -2.49. The molecule has 0 aromatic heterocycles. The van der Waals surface area contributed by atoms with Gasteiger partial charge in [0.25, 0.3) is 0 Å². The highest BCUT2D eigenvalue weighted by atomic mass is 16.5. The lowest BCUT2D eigenvalue weighted by Crippen LogP contribution is -2.59. The first-order valence-electron chi connectivity index (χ1n) is 8.85. The second-order valence-corrected chi connectivity index (χ2v) is 7.14. The van der Waals surface area contributed by atoms with Crippen LogP contribution in [0.2, 0.25) is 0 Å². The van der Waals surface area contributed by atoms with Gasteiger partial charge in [0.1, 0.15) is 0 Å². The summed E-state index contributed by atoms with van der Waals surface area (Å²) in [6, 6.07) is 0. The van der Waals surface area contributed by atoms with Crippen molar-refractivity contribution in [1.82, 2.24) is 14.7 Å². The number of hydrogen-bond acceptors (Lipinski definition) is 5. The van der Waals surface area contributed by atoms with Crippen LogP contribution in [0.1, 0.15) is 39.5 Å². The molecule has 22 heavy (non-hydrogen) atoms. The molecular weight excluding hydrogens is 278 g/mol. The molecule has 0 aromatic rings. The third-order valence-corrected chi connectivity index (χ3v) is 5.31. The molecule has 0 atom stereocenters. The first kappa shape index (κ1) is 17.7. The van der Waals surface area contributed by atoms with Crippen LogP contribution >= 0.6 is 0 Å². The molecule has 0 saturated carbocycles. The normalized spacial score (nSPS) is 24.3. The first-order valence-corrected chi connectivity index (χ1v) is 8.85. The van der Waals surface area contributed by atoms with E-state index in [1.54, 1.807) is 0 Å². The fraction of sp³-hybridized carbons (Fsp3) is 0.941. The quantitative estimate of drug-likeness (QED) is 0.548.